The van der Waals surface area contributed by atoms with Crippen LogP contribution in [0.3, 0.4) is 0 Å². The van der Waals surface area contributed by atoms with Crippen molar-refractivity contribution >= 4 is 10.9 Å². The molecule has 0 aliphatic carbocycles. The van der Waals surface area contributed by atoms with Gasteiger partial charge in [-0.3, -0.25) is 4.98 Å². The van der Waals surface area contributed by atoms with Gasteiger partial charge in [-0.1, -0.05) is 17.7 Å². The first-order chi connectivity index (χ1) is 12.4. The van der Waals surface area contributed by atoms with Crippen LogP contribution in [0.4, 0.5) is 13.2 Å². The Bertz CT molecular complexity index is 940. The fourth-order valence-electron chi connectivity index (χ4n) is 3.73. The number of nitrogens with one attached hydrogen (secondary N) is 1. The SMILES string of the molecule is Cc1ccc2c(c1)c1c(n2CCc2ccc(C(F)(F)F)nc2)CNCC1. The molecular weight excluding hydrogens is 339 g/mol. The zero-order chi connectivity index (χ0) is 18.3. The first kappa shape index (κ1) is 17.1. The van der Waals surface area contributed by atoms with Gasteiger partial charge in [0.1, 0.15) is 5.69 Å². The number of pyridine rings is 1. The molecule has 2 aromatic heterocycles. The quantitative estimate of drug-likeness (QED) is 0.758. The fourth-order valence-corrected chi connectivity index (χ4v) is 3.73. The van der Waals surface area contributed by atoms with Crippen LogP contribution >= 0.6 is 0 Å². The second kappa shape index (κ2) is 6.43. The van der Waals surface area contributed by atoms with Gasteiger partial charge in [0.25, 0.3) is 0 Å². The number of rotatable bonds is 3. The van der Waals surface area contributed by atoms with Crippen LogP contribution in [0.15, 0.2) is 36.5 Å². The summed E-state index contributed by atoms with van der Waals surface area (Å²) in [5.74, 6) is 0. The molecule has 3 nitrogen and oxygen atoms in total. The van der Waals surface area contributed by atoms with Crippen molar-refractivity contribution in [1.82, 2.24) is 14.9 Å². The lowest BCUT2D eigenvalue weighted by atomic mass is 10.0. The smallest absolute Gasteiger partial charge is 0.343 e. The molecule has 0 fully saturated rings. The molecule has 136 valence electrons. The van der Waals surface area contributed by atoms with Crippen molar-refractivity contribution in [2.24, 2.45) is 0 Å². The number of halogens is 3. The van der Waals surface area contributed by atoms with Gasteiger partial charge < -0.3 is 9.88 Å². The van der Waals surface area contributed by atoms with Crippen molar-refractivity contribution in [3.63, 3.8) is 0 Å². The van der Waals surface area contributed by atoms with Crippen molar-refractivity contribution in [3.8, 4) is 0 Å². The highest BCUT2D eigenvalue weighted by atomic mass is 19.4. The maximum absolute atomic E-state index is 12.7. The summed E-state index contributed by atoms with van der Waals surface area (Å²) in [7, 11) is 0. The minimum atomic E-state index is -4.39. The number of hydrogen-bond acceptors (Lipinski definition) is 2. The number of fused-ring (bicyclic) bond motifs is 3. The van der Waals surface area contributed by atoms with Gasteiger partial charge >= 0.3 is 6.18 Å². The molecule has 1 N–H and O–H groups in total. The fraction of sp³-hybridized carbons (Fsp3) is 0.350. The van der Waals surface area contributed by atoms with Crippen LogP contribution in [0.25, 0.3) is 10.9 Å². The van der Waals surface area contributed by atoms with Gasteiger partial charge in [-0.25, -0.2) is 0 Å². The molecule has 0 saturated heterocycles. The first-order valence-electron chi connectivity index (χ1n) is 8.77. The molecule has 3 aromatic rings. The Morgan fingerprint density at radius 3 is 2.77 bits per heavy atom. The number of aryl methyl sites for hydroxylation is 3. The minimum Gasteiger partial charge on any atom is -0.343 e. The molecule has 26 heavy (non-hydrogen) atoms. The van der Waals surface area contributed by atoms with Gasteiger partial charge in [-0.05, 0) is 55.6 Å². The van der Waals surface area contributed by atoms with Crippen LogP contribution in [0.1, 0.15) is 28.1 Å². The van der Waals surface area contributed by atoms with Gasteiger partial charge in [0, 0.05) is 35.9 Å². The molecule has 3 heterocycles. The van der Waals surface area contributed by atoms with Crippen LogP contribution in [0.5, 0.6) is 0 Å². The molecular formula is C20H20F3N3. The van der Waals surface area contributed by atoms with Crippen LogP contribution in [0.2, 0.25) is 0 Å². The lowest BCUT2D eigenvalue weighted by molar-refractivity contribution is -0.141. The van der Waals surface area contributed by atoms with E-state index in [0.717, 1.165) is 37.7 Å². The molecule has 4 rings (SSSR count). The van der Waals surface area contributed by atoms with Gasteiger partial charge in [0.2, 0.25) is 0 Å². The topological polar surface area (TPSA) is 29.9 Å². The van der Waals surface area contributed by atoms with E-state index in [1.54, 1.807) is 0 Å². The molecule has 0 spiro atoms. The van der Waals surface area contributed by atoms with Crippen LogP contribution in [-0.2, 0) is 32.1 Å². The van der Waals surface area contributed by atoms with E-state index in [4.69, 9.17) is 0 Å². The third kappa shape index (κ3) is 3.09. The molecule has 0 bridgehead atoms. The van der Waals surface area contributed by atoms with Crippen molar-refractivity contribution in [2.75, 3.05) is 6.54 Å². The molecule has 0 atom stereocenters. The van der Waals surface area contributed by atoms with Crippen LogP contribution in [0, 0.1) is 6.92 Å². The Kier molecular flexibility index (Phi) is 4.23. The lowest BCUT2D eigenvalue weighted by Gasteiger charge is -2.17. The summed E-state index contributed by atoms with van der Waals surface area (Å²) in [6, 6.07) is 9.07. The van der Waals surface area contributed by atoms with E-state index in [1.165, 1.54) is 40.0 Å². The van der Waals surface area contributed by atoms with Gasteiger partial charge in [0.15, 0.2) is 0 Å². The van der Waals surface area contributed by atoms with E-state index in [-0.39, 0.29) is 0 Å². The molecule has 6 heteroatoms. The summed E-state index contributed by atoms with van der Waals surface area (Å²) in [5, 5.41) is 4.72. The van der Waals surface area contributed by atoms with E-state index in [1.807, 2.05) is 0 Å². The van der Waals surface area contributed by atoms with Crippen molar-refractivity contribution in [3.05, 3.63) is 64.6 Å². The van der Waals surface area contributed by atoms with Crippen LogP contribution < -0.4 is 5.32 Å². The minimum absolute atomic E-state index is 0.648. The number of aromatic nitrogens is 2. The van der Waals surface area contributed by atoms with Crippen molar-refractivity contribution < 1.29 is 13.2 Å². The Balaban J connectivity index is 1.63. The maximum atomic E-state index is 12.7. The number of benzene rings is 1. The average molecular weight is 359 g/mol. The molecule has 0 radical (unpaired) electrons. The second-order valence-corrected chi connectivity index (χ2v) is 6.82. The van der Waals surface area contributed by atoms with E-state index in [0.29, 0.717) is 6.42 Å². The molecule has 1 aromatic carbocycles. The third-order valence-electron chi connectivity index (χ3n) is 5.03. The predicted octanol–water partition coefficient (Wildman–Crippen LogP) is 4.25. The van der Waals surface area contributed by atoms with Gasteiger partial charge in [0.05, 0.1) is 0 Å². The molecule has 1 aliphatic heterocycles. The molecule has 1 aliphatic rings. The number of alkyl halides is 3. The highest BCUT2D eigenvalue weighted by Crippen LogP contribution is 2.30. The first-order valence-corrected chi connectivity index (χ1v) is 8.77. The summed E-state index contributed by atoms with van der Waals surface area (Å²) in [5.41, 5.74) is 5.09. The van der Waals surface area contributed by atoms with Crippen molar-refractivity contribution in [1.29, 1.82) is 0 Å². The standard InChI is InChI=1S/C20H20F3N3/c1-13-2-4-17-16(10-13)15-6-8-24-12-18(15)26(17)9-7-14-3-5-19(25-11-14)20(21,22)23/h2-5,10-11,24H,6-9,12H2,1H3. The maximum Gasteiger partial charge on any atom is 0.433 e. The zero-order valence-electron chi connectivity index (χ0n) is 14.5. The normalized spacial score (nSPS) is 14.6. The number of nitrogens with zero attached hydrogens (tertiary/aromatic N) is 2. The largest absolute Gasteiger partial charge is 0.433 e. The van der Waals surface area contributed by atoms with Gasteiger partial charge in [-0.2, -0.15) is 13.2 Å². The number of hydrogen-bond donors (Lipinski definition) is 1. The summed E-state index contributed by atoms with van der Waals surface area (Å²) >= 11 is 0. The van der Waals surface area contributed by atoms with E-state index < -0.39 is 11.9 Å². The van der Waals surface area contributed by atoms with Gasteiger partial charge in [-0.15, -0.1) is 0 Å². The summed E-state index contributed by atoms with van der Waals surface area (Å²) in [6.07, 6.45) is -1.40. The monoisotopic (exact) mass is 359 g/mol. The predicted molar refractivity (Wildman–Crippen MR) is 95.0 cm³/mol. The summed E-state index contributed by atoms with van der Waals surface area (Å²) < 4.78 is 40.3. The average Bonchev–Trinajstić information content (AvgIpc) is 2.93. The molecule has 0 unspecified atom stereocenters. The van der Waals surface area contributed by atoms with E-state index in [9.17, 15) is 13.2 Å². The Hall–Kier alpha value is -2.34. The van der Waals surface area contributed by atoms with E-state index in [2.05, 4.69) is 40.0 Å². The second-order valence-electron chi connectivity index (χ2n) is 6.82. The zero-order valence-corrected chi connectivity index (χ0v) is 14.5. The molecule has 0 saturated carbocycles. The van der Waals surface area contributed by atoms with E-state index >= 15 is 0 Å². The summed E-state index contributed by atoms with van der Waals surface area (Å²) in [6.45, 7) is 4.62. The Labute approximate surface area is 149 Å². The van der Waals surface area contributed by atoms with Crippen molar-refractivity contribution in [2.45, 2.75) is 39.0 Å². The Morgan fingerprint density at radius 1 is 1.19 bits per heavy atom. The van der Waals surface area contributed by atoms with Crippen LogP contribution in [-0.4, -0.2) is 16.1 Å². The Morgan fingerprint density at radius 2 is 2.04 bits per heavy atom. The third-order valence-corrected chi connectivity index (χ3v) is 5.03. The summed E-state index contributed by atoms with van der Waals surface area (Å²) in [4.78, 5) is 3.56. The molecule has 0 amide bonds. The highest BCUT2D eigenvalue weighted by Gasteiger charge is 2.32. The highest BCUT2D eigenvalue weighted by molar-refractivity contribution is 5.86. The lowest BCUT2D eigenvalue weighted by Crippen LogP contribution is -2.25.